The summed E-state index contributed by atoms with van der Waals surface area (Å²) in [5.74, 6) is 1.99. The number of fused-ring (bicyclic) bond motifs is 1. The van der Waals surface area contributed by atoms with Crippen LogP contribution in [0, 0.1) is 6.92 Å². The number of hydrogen-bond donors (Lipinski definition) is 2. The van der Waals surface area contributed by atoms with Gasteiger partial charge in [0.05, 0.1) is 25.1 Å². The van der Waals surface area contributed by atoms with Crippen molar-refractivity contribution in [2.45, 2.75) is 13.3 Å². The van der Waals surface area contributed by atoms with Crippen LogP contribution in [-0.2, 0) is 6.42 Å². The van der Waals surface area contributed by atoms with Crippen molar-refractivity contribution < 1.29 is 9.47 Å². The Morgan fingerprint density at radius 3 is 2.41 bits per heavy atom. The van der Waals surface area contributed by atoms with E-state index in [9.17, 15) is 9.59 Å². The molecule has 1 aromatic carbocycles. The summed E-state index contributed by atoms with van der Waals surface area (Å²) < 4.78 is 12.4. The van der Waals surface area contributed by atoms with E-state index in [1.165, 1.54) is 14.2 Å². The molecule has 148 valence electrons. The lowest BCUT2D eigenvalue weighted by Crippen LogP contribution is -2.18. The largest absolute Gasteiger partial charge is 0.493 e. The van der Waals surface area contributed by atoms with Crippen LogP contribution in [-0.4, -0.2) is 33.7 Å². The van der Waals surface area contributed by atoms with Gasteiger partial charge in [-0.25, -0.2) is 4.98 Å². The molecule has 0 atom stereocenters. The first kappa shape index (κ1) is 18.5. The molecule has 3 heterocycles. The summed E-state index contributed by atoms with van der Waals surface area (Å²) >= 11 is 0. The molecule has 0 fully saturated rings. The Hall–Kier alpha value is -3.81. The van der Waals surface area contributed by atoms with Crippen LogP contribution in [0.2, 0.25) is 0 Å². The van der Waals surface area contributed by atoms with Gasteiger partial charge in [0.25, 0.3) is 11.1 Å². The van der Waals surface area contributed by atoms with Crippen molar-refractivity contribution in [3.05, 3.63) is 80.4 Å². The lowest BCUT2D eigenvalue weighted by Gasteiger charge is -2.09. The summed E-state index contributed by atoms with van der Waals surface area (Å²) in [6, 6.07) is 8.75. The summed E-state index contributed by atoms with van der Waals surface area (Å²) in [6.45, 7) is 1.98. The van der Waals surface area contributed by atoms with E-state index in [-0.39, 0.29) is 17.5 Å². The van der Waals surface area contributed by atoms with Gasteiger partial charge in [0.15, 0.2) is 11.5 Å². The molecule has 0 amide bonds. The van der Waals surface area contributed by atoms with Gasteiger partial charge in [0, 0.05) is 30.4 Å². The first-order chi connectivity index (χ1) is 14.0. The van der Waals surface area contributed by atoms with E-state index in [0.29, 0.717) is 39.6 Å². The van der Waals surface area contributed by atoms with Crippen LogP contribution in [0.15, 0.2) is 52.3 Å². The van der Waals surface area contributed by atoms with E-state index in [1.54, 1.807) is 18.2 Å². The van der Waals surface area contributed by atoms with Gasteiger partial charge in [-0.15, -0.1) is 0 Å². The Balaban J connectivity index is 1.70. The monoisotopic (exact) mass is 392 g/mol. The zero-order valence-corrected chi connectivity index (χ0v) is 16.3. The highest BCUT2D eigenvalue weighted by Gasteiger charge is 2.12. The van der Waals surface area contributed by atoms with Crippen molar-refractivity contribution in [3.63, 3.8) is 0 Å². The molecular formula is C21H20N4O4. The maximum Gasteiger partial charge on any atom is 0.258 e. The Kier molecular flexibility index (Phi) is 4.67. The molecule has 4 aromatic rings. The van der Waals surface area contributed by atoms with Crippen molar-refractivity contribution in [3.8, 4) is 17.3 Å². The molecule has 2 N–H and O–H groups in total. The van der Waals surface area contributed by atoms with Crippen LogP contribution in [0.5, 0.6) is 11.5 Å². The highest BCUT2D eigenvalue weighted by atomic mass is 16.5. The van der Waals surface area contributed by atoms with E-state index >= 15 is 0 Å². The quantitative estimate of drug-likeness (QED) is 0.543. The normalized spacial score (nSPS) is 11.0. The molecule has 0 saturated heterocycles. The third kappa shape index (κ3) is 3.52. The number of ether oxygens (including phenoxy) is 2. The van der Waals surface area contributed by atoms with Gasteiger partial charge in [0.1, 0.15) is 11.6 Å². The second-order valence-corrected chi connectivity index (χ2v) is 6.71. The number of H-pyrrole nitrogens is 2. The summed E-state index contributed by atoms with van der Waals surface area (Å²) in [7, 11) is 3.02. The minimum absolute atomic E-state index is 0.194. The number of hydrogen-bond acceptors (Lipinski definition) is 5. The fraction of sp³-hybridized carbons (Fsp3) is 0.190. The highest BCUT2D eigenvalue weighted by molar-refractivity contribution is 5.81. The van der Waals surface area contributed by atoms with E-state index < -0.39 is 0 Å². The van der Waals surface area contributed by atoms with E-state index in [0.717, 1.165) is 5.56 Å². The molecule has 0 aliphatic rings. The fourth-order valence-corrected chi connectivity index (χ4v) is 3.21. The van der Waals surface area contributed by atoms with Gasteiger partial charge in [-0.05, 0) is 36.8 Å². The van der Waals surface area contributed by atoms with Crippen LogP contribution >= 0.6 is 0 Å². The smallest absolute Gasteiger partial charge is 0.258 e. The Morgan fingerprint density at radius 1 is 1.00 bits per heavy atom. The number of nitrogens with zero attached hydrogens (tertiary/aromatic N) is 2. The van der Waals surface area contributed by atoms with Crippen LogP contribution in [0.1, 0.15) is 17.0 Å². The molecule has 0 saturated carbocycles. The Morgan fingerprint density at radius 2 is 1.76 bits per heavy atom. The molecule has 0 radical (unpaired) electrons. The average Bonchev–Trinajstić information content (AvgIpc) is 3.15. The highest BCUT2D eigenvalue weighted by Crippen LogP contribution is 2.29. The molecule has 0 aliphatic carbocycles. The number of aryl methyl sites for hydroxylation is 1. The maximum atomic E-state index is 12.5. The van der Waals surface area contributed by atoms with Crippen molar-refractivity contribution in [1.82, 2.24) is 19.5 Å². The van der Waals surface area contributed by atoms with Crippen LogP contribution in [0.3, 0.4) is 0 Å². The molecular weight excluding hydrogens is 372 g/mol. The van der Waals surface area contributed by atoms with Crippen molar-refractivity contribution in [2.24, 2.45) is 0 Å². The topological polar surface area (TPSA) is 102 Å². The predicted molar refractivity (Wildman–Crippen MR) is 109 cm³/mol. The number of aromatic amines is 2. The molecule has 0 aliphatic heterocycles. The maximum absolute atomic E-state index is 12.5. The SMILES string of the molecule is COc1cc2nc(Cc3ccc(-n4ccc(C)c4)[nH]c3=O)[nH]c(=O)c2cc1OC. The first-order valence-corrected chi connectivity index (χ1v) is 9.00. The second kappa shape index (κ2) is 7.31. The molecule has 8 heteroatoms. The molecule has 0 unspecified atom stereocenters. The van der Waals surface area contributed by atoms with Gasteiger partial charge in [0.2, 0.25) is 0 Å². The van der Waals surface area contributed by atoms with Crippen LogP contribution < -0.4 is 20.6 Å². The van der Waals surface area contributed by atoms with Crippen molar-refractivity contribution in [2.75, 3.05) is 14.2 Å². The number of aromatic nitrogens is 4. The number of pyridine rings is 1. The summed E-state index contributed by atoms with van der Waals surface area (Å²) in [5.41, 5.74) is 1.53. The molecule has 0 bridgehead atoms. The zero-order valence-electron chi connectivity index (χ0n) is 16.3. The van der Waals surface area contributed by atoms with Crippen molar-refractivity contribution in [1.29, 1.82) is 0 Å². The molecule has 0 spiro atoms. The standard InChI is InChI=1S/C21H20N4O4/c1-12-6-7-25(11-12)19-5-4-13(20(26)24-19)8-18-22-15-10-17(29-3)16(28-2)9-14(15)21(27)23-18/h4-7,9-11H,8H2,1-3H3,(H,24,26)(H,22,23,27). The first-order valence-electron chi connectivity index (χ1n) is 9.00. The second-order valence-electron chi connectivity index (χ2n) is 6.71. The molecule has 29 heavy (non-hydrogen) atoms. The van der Waals surface area contributed by atoms with Gasteiger partial charge in [-0.1, -0.05) is 0 Å². The van der Waals surface area contributed by atoms with E-state index in [1.807, 2.05) is 36.0 Å². The number of rotatable bonds is 5. The van der Waals surface area contributed by atoms with Gasteiger partial charge in [-0.2, -0.15) is 0 Å². The molecule has 4 rings (SSSR count). The summed E-state index contributed by atoms with van der Waals surface area (Å²) in [5, 5.41) is 0.388. The van der Waals surface area contributed by atoms with E-state index in [2.05, 4.69) is 15.0 Å². The molecule has 8 nitrogen and oxygen atoms in total. The lowest BCUT2D eigenvalue weighted by atomic mass is 10.1. The van der Waals surface area contributed by atoms with Crippen LogP contribution in [0.4, 0.5) is 0 Å². The van der Waals surface area contributed by atoms with Gasteiger partial charge in [-0.3, -0.25) is 9.59 Å². The minimum atomic E-state index is -0.304. The minimum Gasteiger partial charge on any atom is -0.493 e. The molecule has 3 aromatic heterocycles. The lowest BCUT2D eigenvalue weighted by molar-refractivity contribution is 0.355. The third-order valence-electron chi connectivity index (χ3n) is 4.71. The summed E-state index contributed by atoms with van der Waals surface area (Å²) in [6.07, 6.45) is 4.00. The predicted octanol–water partition coefficient (Wildman–Crippen LogP) is 2.32. The third-order valence-corrected chi connectivity index (χ3v) is 4.71. The number of benzene rings is 1. The number of methoxy groups -OCH3 is 2. The van der Waals surface area contributed by atoms with Gasteiger partial charge >= 0.3 is 0 Å². The average molecular weight is 392 g/mol. The Bertz CT molecular complexity index is 1320. The Labute approximate surface area is 165 Å². The van der Waals surface area contributed by atoms with Crippen molar-refractivity contribution >= 4 is 10.9 Å². The van der Waals surface area contributed by atoms with Crippen LogP contribution in [0.25, 0.3) is 16.7 Å². The van der Waals surface area contributed by atoms with E-state index in [4.69, 9.17) is 9.47 Å². The zero-order chi connectivity index (χ0) is 20.5. The summed E-state index contributed by atoms with van der Waals surface area (Å²) in [4.78, 5) is 35.1. The van der Waals surface area contributed by atoms with Gasteiger partial charge < -0.3 is 24.0 Å². The number of nitrogens with one attached hydrogen (secondary N) is 2. The fourth-order valence-electron chi connectivity index (χ4n) is 3.21.